The van der Waals surface area contributed by atoms with Gasteiger partial charge in [0.15, 0.2) is 0 Å². The molecule has 0 spiro atoms. The summed E-state index contributed by atoms with van der Waals surface area (Å²) in [5.74, 6) is 2.90. The maximum atomic E-state index is 11.5. The smallest absolute Gasteiger partial charge is 0.335 e. The van der Waals surface area contributed by atoms with E-state index in [9.17, 15) is 9.90 Å². The first-order valence-electron chi connectivity index (χ1n) is 13.6. The highest BCUT2D eigenvalue weighted by Crippen LogP contribution is 2.61. The van der Waals surface area contributed by atoms with Gasteiger partial charge in [0, 0.05) is 16.9 Å². The number of aromatic carboxylic acids is 1. The van der Waals surface area contributed by atoms with E-state index in [2.05, 4.69) is 48.4 Å². The van der Waals surface area contributed by atoms with Crippen LogP contribution in [0.1, 0.15) is 85.2 Å². The lowest BCUT2D eigenvalue weighted by Crippen LogP contribution is -2.46. The van der Waals surface area contributed by atoms with Crippen LogP contribution in [0.5, 0.6) is 0 Å². The van der Waals surface area contributed by atoms with Gasteiger partial charge in [-0.05, 0) is 112 Å². The number of aromatic nitrogens is 2. The van der Waals surface area contributed by atoms with Gasteiger partial charge in [0.05, 0.1) is 17.3 Å². The molecule has 4 aliphatic carbocycles. The van der Waals surface area contributed by atoms with Crippen molar-refractivity contribution in [3.8, 4) is 11.4 Å². The number of carboxylic acid groups (broad SMARTS) is 1. The molecule has 5 heteroatoms. The highest BCUT2D eigenvalue weighted by atomic mass is 16.4. The minimum Gasteiger partial charge on any atom is -0.478 e. The van der Waals surface area contributed by atoms with E-state index in [1.807, 2.05) is 6.07 Å². The number of hydrogen-bond donors (Lipinski definition) is 3. The Hall–Kier alpha value is -3.08. The Balaban J connectivity index is 1.28. The topological polar surface area (TPSA) is 78.0 Å². The molecule has 2 aromatic carbocycles. The molecule has 3 aromatic rings. The summed E-state index contributed by atoms with van der Waals surface area (Å²) in [4.78, 5) is 20.3. The van der Waals surface area contributed by atoms with Crippen LogP contribution in [0.3, 0.4) is 0 Å². The lowest BCUT2D eigenvalue weighted by Gasteiger charge is -2.57. The monoisotopic (exact) mass is 483 g/mol. The van der Waals surface area contributed by atoms with Crippen LogP contribution in [0.2, 0.25) is 0 Å². The number of H-pyrrole nitrogens is 1. The third-order valence-corrected chi connectivity index (χ3v) is 9.18. The fourth-order valence-corrected chi connectivity index (χ4v) is 7.98. The molecule has 4 aliphatic rings. The molecule has 4 bridgehead atoms. The zero-order chi connectivity index (χ0) is 24.9. The number of imidazole rings is 1. The van der Waals surface area contributed by atoms with Gasteiger partial charge >= 0.3 is 5.97 Å². The SMILES string of the molecule is Cc1ccccc1-c1nc(C(C)Nc2cccc(C(=O)O)c2)c(CCC23CC4CC(CC(C4)C2)C3)[nH]1. The number of benzene rings is 2. The molecule has 7 rings (SSSR count). The van der Waals surface area contributed by atoms with Gasteiger partial charge in [0.25, 0.3) is 0 Å². The summed E-state index contributed by atoms with van der Waals surface area (Å²) in [5, 5.41) is 12.9. The van der Waals surface area contributed by atoms with Gasteiger partial charge in [0.2, 0.25) is 0 Å². The Morgan fingerprint density at radius 2 is 1.78 bits per heavy atom. The Labute approximate surface area is 213 Å². The van der Waals surface area contributed by atoms with Crippen molar-refractivity contribution >= 4 is 11.7 Å². The van der Waals surface area contributed by atoms with E-state index in [0.29, 0.717) is 5.41 Å². The second-order valence-electron chi connectivity index (χ2n) is 11.9. The van der Waals surface area contributed by atoms with Crippen molar-refractivity contribution in [3.05, 3.63) is 71.0 Å². The van der Waals surface area contributed by atoms with Crippen LogP contribution in [-0.2, 0) is 6.42 Å². The van der Waals surface area contributed by atoms with Crippen molar-refractivity contribution in [2.75, 3.05) is 5.32 Å². The Morgan fingerprint density at radius 1 is 1.08 bits per heavy atom. The van der Waals surface area contributed by atoms with E-state index in [1.54, 1.807) is 18.2 Å². The van der Waals surface area contributed by atoms with Crippen molar-refractivity contribution in [1.82, 2.24) is 9.97 Å². The quantitative estimate of drug-likeness (QED) is 0.312. The summed E-state index contributed by atoms with van der Waals surface area (Å²) >= 11 is 0. The van der Waals surface area contributed by atoms with Crippen molar-refractivity contribution in [2.24, 2.45) is 23.2 Å². The fraction of sp³-hybridized carbons (Fsp3) is 0.484. The number of anilines is 1. The average Bonchev–Trinajstić information content (AvgIpc) is 3.27. The maximum Gasteiger partial charge on any atom is 0.335 e. The standard InChI is InChI=1S/C31H37N3O2/c1-19-6-3-4-9-26(19)29-33-27(10-11-31-16-21-12-22(17-31)14-23(13-21)18-31)28(34-29)20(2)32-25-8-5-7-24(15-25)30(35)36/h3-9,15,20-23,32H,10-14,16-18H2,1-2H3,(H,33,34)(H,35,36). The van der Waals surface area contributed by atoms with Crippen molar-refractivity contribution in [1.29, 1.82) is 0 Å². The highest BCUT2D eigenvalue weighted by Gasteiger charge is 2.50. The van der Waals surface area contributed by atoms with E-state index in [1.165, 1.54) is 56.2 Å². The third kappa shape index (κ3) is 4.44. The number of rotatable bonds is 8. The van der Waals surface area contributed by atoms with Crippen molar-refractivity contribution in [3.63, 3.8) is 0 Å². The number of hydrogen-bond acceptors (Lipinski definition) is 3. The van der Waals surface area contributed by atoms with Gasteiger partial charge in [-0.25, -0.2) is 9.78 Å². The zero-order valence-electron chi connectivity index (χ0n) is 21.4. The maximum absolute atomic E-state index is 11.5. The molecule has 4 fully saturated rings. The molecule has 1 unspecified atom stereocenters. The lowest BCUT2D eigenvalue weighted by molar-refractivity contribution is -0.0570. The molecule has 3 N–H and O–H groups in total. The van der Waals surface area contributed by atoms with E-state index in [4.69, 9.17) is 4.98 Å². The van der Waals surface area contributed by atoms with E-state index >= 15 is 0 Å². The molecule has 188 valence electrons. The van der Waals surface area contributed by atoms with Crippen LogP contribution in [0, 0.1) is 30.1 Å². The lowest BCUT2D eigenvalue weighted by atomic mass is 9.48. The summed E-state index contributed by atoms with van der Waals surface area (Å²) < 4.78 is 0. The molecule has 5 nitrogen and oxygen atoms in total. The molecule has 1 heterocycles. The molecule has 1 aromatic heterocycles. The van der Waals surface area contributed by atoms with Gasteiger partial charge < -0.3 is 15.4 Å². The Bertz CT molecular complexity index is 1240. The number of nitrogens with one attached hydrogen (secondary N) is 2. The van der Waals surface area contributed by atoms with Crippen LogP contribution in [-0.4, -0.2) is 21.0 Å². The largest absolute Gasteiger partial charge is 0.478 e. The number of carbonyl (C=O) groups is 1. The van der Waals surface area contributed by atoms with Crippen LogP contribution in [0.25, 0.3) is 11.4 Å². The molecule has 0 aliphatic heterocycles. The van der Waals surface area contributed by atoms with Crippen LogP contribution < -0.4 is 5.32 Å². The molecular formula is C31H37N3O2. The number of carboxylic acids is 1. The average molecular weight is 484 g/mol. The van der Waals surface area contributed by atoms with Crippen molar-refractivity contribution < 1.29 is 9.90 Å². The molecule has 4 saturated carbocycles. The molecule has 36 heavy (non-hydrogen) atoms. The number of aryl methyl sites for hydroxylation is 2. The summed E-state index contributed by atoms with van der Waals surface area (Å²) in [5.41, 5.74) is 6.22. The van der Waals surface area contributed by atoms with E-state index in [-0.39, 0.29) is 11.6 Å². The summed E-state index contributed by atoms with van der Waals surface area (Å²) in [6.45, 7) is 4.26. The molecule has 0 amide bonds. The van der Waals surface area contributed by atoms with Gasteiger partial charge in [-0.3, -0.25) is 0 Å². The fourth-order valence-electron chi connectivity index (χ4n) is 7.98. The first-order chi connectivity index (χ1) is 17.4. The second-order valence-corrected chi connectivity index (χ2v) is 11.9. The van der Waals surface area contributed by atoms with Crippen molar-refractivity contribution in [2.45, 2.75) is 71.3 Å². The predicted molar refractivity (Wildman–Crippen MR) is 143 cm³/mol. The zero-order valence-corrected chi connectivity index (χ0v) is 21.4. The summed E-state index contributed by atoms with van der Waals surface area (Å²) in [6.07, 6.45) is 10.9. The molecule has 1 atom stereocenters. The summed E-state index contributed by atoms with van der Waals surface area (Å²) in [6, 6.07) is 15.4. The second kappa shape index (κ2) is 9.10. The van der Waals surface area contributed by atoms with Gasteiger partial charge in [-0.1, -0.05) is 30.3 Å². The summed E-state index contributed by atoms with van der Waals surface area (Å²) in [7, 11) is 0. The van der Waals surface area contributed by atoms with E-state index < -0.39 is 5.97 Å². The number of nitrogens with zero attached hydrogens (tertiary/aromatic N) is 1. The minimum absolute atomic E-state index is 0.0468. The van der Waals surface area contributed by atoms with Crippen LogP contribution in [0.4, 0.5) is 5.69 Å². The normalized spacial score (nSPS) is 27.2. The van der Waals surface area contributed by atoms with Gasteiger partial charge in [-0.15, -0.1) is 0 Å². The third-order valence-electron chi connectivity index (χ3n) is 9.18. The first-order valence-corrected chi connectivity index (χ1v) is 13.6. The Morgan fingerprint density at radius 3 is 2.44 bits per heavy atom. The van der Waals surface area contributed by atoms with Crippen LogP contribution >= 0.6 is 0 Å². The molecule has 0 saturated heterocycles. The Kier molecular flexibility index (Phi) is 5.89. The van der Waals surface area contributed by atoms with Gasteiger partial charge in [0.1, 0.15) is 5.82 Å². The number of aromatic amines is 1. The highest BCUT2D eigenvalue weighted by molar-refractivity contribution is 5.88. The minimum atomic E-state index is -0.913. The molecular weight excluding hydrogens is 446 g/mol. The predicted octanol–water partition coefficient (Wildman–Crippen LogP) is 7.41. The first kappa shape index (κ1) is 23.3. The molecule has 0 radical (unpaired) electrons. The van der Waals surface area contributed by atoms with E-state index in [0.717, 1.165) is 46.9 Å². The van der Waals surface area contributed by atoms with Gasteiger partial charge in [-0.2, -0.15) is 0 Å². The van der Waals surface area contributed by atoms with Crippen LogP contribution in [0.15, 0.2) is 48.5 Å².